The second-order valence-electron chi connectivity index (χ2n) is 6.61. The van der Waals surface area contributed by atoms with E-state index in [1.807, 2.05) is 56.3 Å². The minimum Gasteiger partial charge on any atom is -0.490 e. The van der Waals surface area contributed by atoms with Gasteiger partial charge in [0.2, 0.25) is 0 Å². The molecule has 2 aromatic rings. The summed E-state index contributed by atoms with van der Waals surface area (Å²) in [6.07, 6.45) is 0.248. The average Bonchev–Trinajstić information content (AvgIpc) is 2.63. The molecule has 0 saturated heterocycles. The number of hydrogen-bond donors (Lipinski definition) is 3. The molecule has 25 heavy (non-hydrogen) atoms. The van der Waals surface area contributed by atoms with Gasteiger partial charge in [0.1, 0.15) is 18.5 Å². The van der Waals surface area contributed by atoms with Gasteiger partial charge >= 0.3 is 0 Å². The molecule has 0 amide bonds. The monoisotopic (exact) mass is 343 g/mol. The predicted octanol–water partition coefficient (Wildman–Crippen LogP) is 3.09. The van der Waals surface area contributed by atoms with Gasteiger partial charge in [-0.2, -0.15) is 0 Å². The summed E-state index contributed by atoms with van der Waals surface area (Å²) in [6.45, 7) is 4.75. The third kappa shape index (κ3) is 6.86. The number of aryl methyl sites for hydroxylation is 1. The van der Waals surface area contributed by atoms with Crippen LogP contribution in [0.1, 0.15) is 37.5 Å². The molecule has 0 aromatic heterocycles. The molecule has 2 unspecified atom stereocenters. The Morgan fingerprint density at radius 1 is 0.960 bits per heavy atom. The fourth-order valence-electron chi connectivity index (χ4n) is 2.61. The van der Waals surface area contributed by atoms with Gasteiger partial charge in [0, 0.05) is 18.2 Å². The molecular weight excluding hydrogens is 314 g/mol. The zero-order chi connectivity index (χ0) is 18.1. The number of ether oxygens (including phenoxy) is 1. The van der Waals surface area contributed by atoms with Crippen LogP contribution in [0.15, 0.2) is 54.6 Å². The molecule has 0 fully saturated rings. The molecule has 0 heterocycles. The predicted molar refractivity (Wildman–Crippen MR) is 101 cm³/mol. The van der Waals surface area contributed by atoms with E-state index >= 15 is 0 Å². The maximum atomic E-state index is 10.5. The van der Waals surface area contributed by atoms with Gasteiger partial charge in [-0.15, -0.1) is 0 Å². The van der Waals surface area contributed by atoms with Crippen LogP contribution in [0.5, 0.6) is 5.75 Å². The van der Waals surface area contributed by atoms with Crippen molar-refractivity contribution in [1.82, 2.24) is 5.32 Å². The number of nitrogens with one attached hydrogen (secondary N) is 1. The van der Waals surface area contributed by atoms with E-state index < -0.39 is 12.2 Å². The Kier molecular flexibility index (Phi) is 7.92. The van der Waals surface area contributed by atoms with Crippen molar-refractivity contribution < 1.29 is 14.9 Å². The summed E-state index contributed by atoms with van der Waals surface area (Å²) < 4.78 is 5.75. The van der Waals surface area contributed by atoms with E-state index in [-0.39, 0.29) is 6.61 Å². The first kappa shape index (κ1) is 19.4. The molecule has 0 aliphatic carbocycles. The molecule has 0 radical (unpaired) electrons. The van der Waals surface area contributed by atoms with Gasteiger partial charge in [-0.3, -0.25) is 0 Å². The Bertz CT molecular complexity index is 616. The highest BCUT2D eigenvalue weighted by Gasteiger charge is 2.14. The van der Waals surface area contributed by atoms with Crippen LogP contribution in [0.3, 0.4) is 0 Å². The summed E-state index contributed by atoms with van der Waals surface area (Å²) in [5, 5.41) is 23.7. The van der Waals surface area contributed by atoms with Gasteiger partial charge in [-0.05, 0) is 24.5 Å². The number of benzene rings is 2. The van der Waals surface area contributed by atoms with Crippen molar-refractivity contribution in [1.29, 1.82) is 0 Å². The number of aliphatic hydroxyl groups excluding tert-OH is 2. The van der Waals surface area contributed by atoms with E-state index in [2.05, 4.69) is 17.4 Å². The Balaban J connectivity index is 1.90. The average molecular weight is 343 g/mol. The van der Waals surface area contributed by atoms with Gasteiger partial charge in [0.05, 0.1) is 6.10 Å². The summed E-state index contributed by atoms with van der Waals surface area (Å²) in [5.41, 5.74) is 1.97. The summed E-state index contributed by atoms with van der Waals surface area (Å²) >= 11 is 0. The molecule has 0 aliphatic heterocycles. The topological polar surface area (TPSA) is 61.7 Å². The van der Waals surface area contributed by atoms with E-state index in [4.69, 9.17) is 4.74 Å². The number of para-hydroxylation sites is 1. The van der Waals surface area contributed by atoms with Gasteiger partial charge in [0.15, 0.2) is 0 Å². The first-order valence-corrected chi connectivity index (χ1v) is 8.91. The highest BCUT2D eigenvalue weighted by molar-refractivity contribution is 5.35. The van der Waals surface area contributed by atoms with Gasteiger partial charge in [-0.25, -0.2) is 0 Å². The third-order valence-corrected chi connectivity index (χ3v) is 4.02. The fraction of sp³-hybridized carbons (Fsp3) is 0.429. The van der Waals surface area contributed by atoms with Crippen molar-refractivity contribution in [2.75, 3.05) is 13.2 Å². The quantitative estimate of drug-likeness (QED) is 0.620. The van der Waals surface area contributed by atoms with Crippen LogP contribution in [0.25, 0.3) is 0 Å². The summed E-state index contributed by atoms with van der Waals surface area (Å²) in [6, 6.07) is 17.9. The first-order chi connectivity index (χ1) is 12.1. The minimum absolute atomic E-state index is 0.197. The largest absolute Gasteiger partial charge is 0.490 e. The molecule has 0 saturated carbocycles. The van der Waals surface area contributed by atoms with E-state index in [0.29, 0.717) is 24.8 Å². The molecule has 2 rings (SSSR count). The number of rotatable bonds is 10. The Morgan fingerprint density at radius 2 is 1.64 bits per heavy atom. The van der Waals surface area contributed by atoms with Crippen molar-refractivity contribution in [3.05, 3.63) is 65.7 Å². The number of aliphatic hydroxyl groups is 2. The van der Waals surface area contributed by atoms with Crippen molar-refractivity contribution in [3.8, 4) is 5.75 Å². The normalized spacial score (nSPS) is 13.6. The summed E-state index contributed by atoms with van der Waals surface area (Å²) in [5.74, 6) is 0.631. The highest BCUT2D eigenvalue weighted by Crippen LogP contribution is 2.28. The smallest absolute Gasteiger partial charge is 0.125 e. The van der Waals surface area contributed by atoms with Crippen molar-refractivity contribution in [3.63, 3.8) is 0 Å². The van der Waals surface area contributed by atoms with Crippen molar-refractivity contribution >= 4 is 0 Å². The van der Waals surface area contributed by atoms with E-state index in [1.165, 1.54) is 5.56 Å². The van der Waals surface area contributed by atoms with E-state index in [9.17, 15) is 10.2 Å². The highest BCUT2D eigenvalue weighted by atomic mass is 16.5. The van der Waals surface area contributed by atoms with Crippen LogP contribution in [0, 0.1) is 0 Å². The standard InChI is InChI=1S/C21H29NO3/c1-16(2)22-14-18(23)15-25-21-11-7-6-10-19(21)20(24)13-12-17-8-4-3-5-9-17/h3-11,16,18,20,22-24H,12-15H2,1-2H3. The van der Waals surface area contributed by atoms with Gasteiger partial charge in [-0.1, -0.05) is 62.4 Å². The molecule has 0 bridgehead atoms. The van der Waals surface area contributed by atoms with Crippen molar-refractivity contribution in [2.24, 2.45) is 0 Å². The lowest BCUT2D eigenvalue weighted by molar-refractivity contribution is 0.1000. The van der Waals surface area contributed by atoms with Crippen LogP contribution in [-0.2, 0) is 6.42 Å². The zero-order valence-electron chi connectivity index (χ0n) is 15.1. The molecule has 0 spiro atoms. The zero-order valence-corrected chi connectivity index (χ0v) is 15.1. The number of hydrogen-bond acceptors (Lipinski definition) is 4. The van der Waals surface area contributed by atoms with E-state index in [1.54, 1.807) is 0 Å². The third-order valence-electron chi connectivity index (χ3n) is 4.02. The molecular formula is C21H29NO3. The minimum atomic E-state index is -0.595. The Morgan fingerprint density at radius 3 is 2.36 bits per heavy atom. The summed E-state index contributed by atoms with van der Waals surface area (Å²) in [7, 11) is 0. The van der Waals surface area contributed by atoms with Crippen LogP contribution in [0.2, 0.25) is 0 Å². The maximum Gasteiger partial charge on any atom is 0.125 e. The van der Waals surface area contributed by atoms with Crippen molar-refractivity contribution in [2.45, 2.75) is 44.9 Å². The lowest BCUT2D eigenvalue weighted by Crippen LogP contribution is -2.35. The lowest BCUT2D eigenvalue weighted by atomic mass is 10.0. The lowest BCUT2D eigenvalue weighted by Gasteiger charge is -2.19. The summed E-state index contributed by atoms with van der Waals surface area (Å²) in [4.78, 5) is 0. The van der Waals surface area contributed by atoms with E-state index in [0.717, 1.165) is 12.0 Å². The fourth-order valence-corrected chi connectivity index (χ4v) is 2.61. The molecule has 4 nitrogen and oxygen atoms in total. The second kappa shape index (κ2) is 10.2. The molecule has 136 valence electrons. The molecule has 4 heteroatoms. The van der Waals surface area contributed by atoms with Crippen LogP contribution in [-0.4, -0.2) is 35.5 Å². The molecule has 2 atom stereocenters. The SMILES string of the molecule is CC(C)NCC(O)COc1ccccc1C(O)CCc1ccccc1. The van der Waals surface area contributed by atoms with Crippen LogP contribution >= 0.6 is 0 Å². The first-order valence-electron chi connectivity index (χ1n) is 8.91. The molecule has 3 N–H and O–H groups in total. The van der Waals surface area contributed by atoms with Gasteiger partial charge < -0.3 is 20.3 Å². The molecule has 2 aromatic carbocycles. The Hall–Kier alpha value is -1.88. The maximum absolute atomic E-state index is 10.5. The van der Waals surface area contributed by atoms with Crippen LogP contribution < -0.4 is 10.1 Å². The van der Waals surface area contributed by atoms with Crippen LogP contribution in [0.4, 0.5) is 0 Å². The Labute approximate surface area is 150 Å². The molecule has 0 aliphatic rings. The second-order valence-corrected chi connectivity index (χ2v) is 6.61. The van der Waals surface area contributed by atoms with Gasteiger partial charge in [0.25, 0.3) is 0 Å².